The molecule has 0 saturated heterocycles. The maximum absolute atomic E-state index is 12.2. The van der Waals surface area contributed by atoms with Crippen molar-refractivity contribution >= 4 is 22.5 Å². The number of hydrogen-bond donors (Lipinski definition) is 1. The number of para-hydroxylation sites is 2. The summed E-state index contributed by atoms with van der Waals surface area (Å²) in [7, 11) is 0. The molecular formula is C23H18N2O2. The molecule has 0 fully saturated rings. The van der Waals surface area contributed by atoms with Crippen molar-refractivity contribution in [3.05, 3.63) is 91.0 Å². The summed E-state index contributed by atoms with van der Waals surface area (Å²) < 4.78 is 5.86. The molecular weight excluding hydrogens is 336 g/mol. The second kappa shape index (κ2) is 7.70. The molecule has 4 nitrogen and oxygen atoms in total. The molecule has 3 aromatic carbocycles. The Morgan fingerprint density at radius 3 is 2.30 bits per heavy atom. The van der Waals surface area contributed by atoms with Crippen LogP contribution in [0.4, 0.5) is 5.69 Å². The maximum Gasteiger partial charge on any atom is 0.262 e. The van der Waals surface area contributed by atoms with Gasteiger partial charge in [0.1, 0.15) is 5.75 Å². The zero-order chi connectivity index (χ0) is 18.5. The minimum absolute atomic E-state index is 0.0723. The van der Waals surface area contributed by atoms with E-state index in [4.69, 9.17) is 9.72 Å². The number of carbonyl (C=O) groups excluding carboxylic acids is 1. The number of anilines is 1. The van der Waals surface area contributed by atoms with E-state index < -0.39 is 0 Å². The quantitative estimate of drug-likeness (QED) is 0.553. The highest BCUT2D eigenvalue weighted by Crippen LogP contribution is 2.29. The van der Waals surface area contributed by atoms with E-state index in [0.29, 0.717) is 5.75 Å². The molecule has 4 heteroatoms. The van der Waals surface area contributed by atoms with Crippen LogP contribution in [0.2, 0.25) is 0 Å². The van der Waals surface area contributed by atoms with Gasteiger partial charge in [-0.05, 0) is 24.3 Å². The third kappa shape index (κ3) is 3.96. The van der Waals surface area contributed by atoms with Gasteiger partial charge in [-0.1, -0.05) is 60.7 Å². The third-order valence-corrected chi connectivity index (χ3v) is 4.16. The molecule has 0 spiro atoms. The van der Waals surface area contributed by atoms with Crippen molar-refractivity contribution in [3.8, 4) is 17.0 Å². The number of aromatic nitrogens is 1. The van der Waals surface area contributed by atoms with Crippen molar-refractivity contribution in [1.29, 1.82) is 0 Å². The molecule has 132 valence electrons. The Bertz CT molecular complexity index is 1060. The van der Waals surface area contributed by atoms with Gasteiger partial charge < -0.3 is 10.1 Å². The van der Waals surface area contributed by atoms with Gasteiger partial charge in [0.25, 0.3) is 5.91 Å². The normalized spacial score (nSPS) is 10.5. The molecule has 4 aromatic rings. The average molecular weight is 354 g/mol. The van der Waals surface area contributed by atoms with Crippen LogP contribution in [-0.2, 0) is 4.79 Å². The predicted molar refractivity (Wildman–Crippen MR) is 108 cm³/mol. The van der Waals surface area contributed by atoms with Gasteiger partial charge in [0.2, 0.25) is 0 Å². The highest BCUT2D eigenvalue weighted by Gasteiger charge is 2.10. The molecule has 1 aromatic heterocycles. The summed E-state index contributed by atoms with van der Waals surface area (Å²) >= 11 is 0. The van der Waals surface area contributed by atoms with Gasteiger partial charge in [-0.15, -0.1) is 0 Å². The van der Waals surface area contributed by atoms with Crippen molar-refractivity contribution in [2.45, 2.75) is 0 Å². The Kier molecular flexibility index (Phi) is 4.79. The summed E-state index contributed by atoms with van der Waals surface area (Å²) in [6.45, 7) is -0.0723. The van der Waals surface area contributed by atoms with Crippen LogP contribution in [0.5, 0.6) is 5.75 Å². The van der Waals surface area contributed by atoms with Crippen molar-refractivity contribution < 1.29 is 9.53 Å². The number of carbonyl (C=O) groups is 1. The monoisotopic (exact) mass is 354 g/mol. The van der Waals surface area contributed by atoms with Gasteiger partial charge in [0, 0.05) is 22.7 Å². The largest absolute Gasteiger partial charge is 0.483 e. The van der Waals surface area contributed by atoms with Gasteiger partial charge in [0.15, 0.2) is 6.61 Å². The number of ether oxygens (including phenoxy) is 1. The predicted octanol–water partition coefficient (Wildman–Crippen LogP) is 4.92. The second-order valence-corrected chi connectivity index (χ2v) is 6.09. The Hall–Kier alpha value is -3.66. The highest BCUT2D eigenvalue weighted by atomic mass is 16.5. The number of fused-ring (bicyclic) bond motifs is 1. The summed E-state index contributed by atoms with van der Waals surface area (Å²) in [4.78, 5) is 16.9. The van der Waals surface area contributed by atoms with E-state index >= 15 is 0 Å². The van der Waals surface area contributed by atoms with E-state index in [1.54, 1.807) is 0 Å². The van der Waals surface area contributed by atoms with Crippen molar-refractivity contribution in [2.24, 2.45) is 0 Å². The van der Waals surface area contributed by atoms with Crippen LogP contribution in [0.15, 0.2) is 91.0 Å². The number of hydrogen-bond acceptors (Lipinski definition) is 3. The van der Waals surface area contributed by atoms with E-state index in [2.05, 4.69) is 5.32 Å². The van der Waals surface area contributed by atoms with Crippen molar-refractivity contribution in [1.82, 2.24) is 4.98 Å². The van der Waals surface area contributed by atoms with E-state index in [1.807, 2.05) is 91.0 Å². The van der Waals surface area contributed by atoms with Crippen LogP contribution in [0.25, 0.3) is 22.2 Å². The molecule has 27 heavy (non-hydrogen) atoms. The second-order valence-electron chi connectivity index (χ2n) is 6.09. The smallest absolute Gasteiger partial charge is 0.262 e. The molecule has 0 aliphatic rings. The van der Waals surface area contributed by atoms with Crippen molar-refractivity contribution in [3.63, 3.8) is 0 Å². The number of nitrogens with one attached hydrogen (secondary N) is 1. The Labute approximate surface area is 157 Å². The number of rotatable bonds is 5. The van der Waals surface area contributed by atoms with Crippen LogP contribution < -0.4 is 10.1 Å². The van der Waals surface area contributed by atoms with E-state index in [9.17, 15) is 4.79 Å². The van der Waals surface area contributed by atoms with Crippen molar-refractivity contribution in [2.75, 3.05) is 11.9 Å². The first kappa shape index (κ1) is 16.8. The molecule has 0 unspecified atom stereocenters. The minimum atomic E-state index is -0.205. The topological polar surface area (TPSA) is 51.2 Å². The first-order valence-corrected chi connectivity index (χ1v) is 8.72. The molecule has 0 aliphatic heterocycles. The molecule has 1 N–H and O–H groups in total. The Balaban J connectivity index is 1.59. The standard InChI is InChI=1S/C23H18N2O2/c26-23(24-18-11-5-2-6-12-18)16-27-22-15-21(17-9-3-1-4-10-17)25-20-14-8-7-13-19(20)22/h1-15H,16H2,(H,24,26). The lowest BCUT2D eigenvalue weighted by atomic mass is 10.1. The fraction of sp³-hybridized carbons (Fsp3) is 0.0435. The average Bonchev–Trinajstić information content (AvgIpc) is 2.73. The Morgan fingerprint density at radius 2 is 1.52 bits per heavy atom. The van der Waals surface area contributed by atoms with Crippen LogP contribution in [-0.4, -0.2) is 17.5 Å². The van der Waals surface area contributed by atoms with Crippen LogP contribution in [0.3, 0.4) is 0 Å². The van der Waals surface area contributed by atoms with E-state index in [1.165, 1.54) is 0 Å². The van der Waals surface area contributed by atoms with Gasteiger partial charge >= 0.3 is 0 Å². The zero-order valence-corrected chi connectivity index (χ0v) is 14.6. The van der Waals surface area contributed by atoms with E-state index in [0.717, 1.165) is 27.8 Å². The van der Waals surface area contributed by atoms with Crippen LogP contribution in [0, 0.1) is 0 Å². The fourth-order valence-electron chi connectivity index (χ4n) is 2.88. The molecule has 0 atom stereocenters. The summed E-state index contributed by atoms with van der Waals surface area (Å²) in [5.41, 5.74) is 3.39. The van der Waals surface area contributed by atoms with Gasteiger partial charge in [-0.3, -0.25) is 4.79 Å². The SMILES string of the molecule is O=C(COc1cc(-c2ccccc2)nc2ccccc12)Nc1ccccc1. The summed E-state index contributed by atoms with van der Waals surface area (Å²) in [5.74, 6) is 0.436. The molecule has 0 radical (unpaired) electrons. The number of nitrogens with zero attached hydrogens (tertiary/aromatic N) is 1. The van der Waals surface area contributed by atoms with Gasteiger partial charge in [0.05, 0.1) is 11.2 Å². The lowest BCUT2D eigenvalue weighted by Crippen LogP contribution is -2.20. The summed E-state index contributed by atoms with van der Waals surface area (Å²) in [5, 5.41) is 3.71. The first-order valence-electron chi connectivity index (χ1n) is 8.72. The number of amides is 1. The molecule has 1 heterocycles. The molecule has 0 aliphatic carbocycles. The van der Waals surface area contributed by atoms with Gasteiger partial charge in [-0.25, -0.2) is 4.98 Å². The fourth-order valence-corrected chi connectivity index (χ4v) is 2.88. The van der Waals surface area contributed by atoms with E-state index in [-0.39, 0.29) is 12.5 Å². The molecule has 1 amide bonds. The molecule has 0 saturated carbocycles. The number of benzene rings is 3. The summed E-state index contributed by atoms with van der Waals surface area (Å²) in [6.07, 6.45) is 0. The van der Waals surface area contributed by atoms with Gasteiger partial charge in [-0.2, -0.15) is 0 Å². The minimum Gasteiger partial charge on any atom is -0.483 e. The summed E-state index contributed by atoms with van der Waals surface area (Å²) in [6, 6.07) is 28.9. The third-order valence-electron chi connectivity index (χ3n) is 4.16. The molecule has 4 rings (SSSR count). The lowest BCUT2D eigenvalue weighted by Gasteiger charge is -2.12. The Morgan fingerprint density at radius 1 is 0.852 bits per heavy atom. The highest BCUT2D eigenvalue weighted by molar-refractivity contribution is 5.93. The number of pyridine rings is 1. The van der Waals surface area contributed by atoms with Crippen LogP contribution >= 0.6 is 0 Å². The maximum atomic E-state index is 12.2. The first-order chi connectivity index (χ1) is 13.3. The lowest BCUT2D eigenvalue weighted by molar-refractivity contribution is -0.118. The molecule has 0 bridgehead atoms. The zero-order valence-electron chi connectivity index (χ0n) is 14.6. The van der Waals surface area contributed by atoms with Crippen LogP contribution in [0.1, 0.15) is 0 Å².